The molecule has 18 heavy (non-hydrogen) atoms. The lowest BCUT2D eigenvalue weighted by Crippen LogP contribution is -2.12. The van der Waals surface area contributed by atoms with Gasteiger partial charge in [-0.2, -0.15) is 0 Å². The average molecular weight is 279 g/mol. The van der Waals surface area contributed by atoms with Gasteiger partial charge in [0.15, 0.2) is 0 Å². The summed E-state index contributed by atoms with van der Waals surface area (Å²) >= 11 is 3.56. The van der Waals surface area contributed by atoms with Gasteiger partial charge < -0.3 is 10.5 Å². The van der Waals surface area contributed by atoms with Gasteiger partial charge in [-0.15, -0.1) is 23.1 Å². The van der Waals surface area contributed by atoms with E-state index in [9.17, 15) is 0 Å². The number of thioether (sulfide) groups is 1. The van der Waals surface area contributed by atoms with Crippen LogP contribution in [0.3, 0.4) is 0 Å². The summed E-state index contributed by atoms with van der Waals surface area (Å²) in [5, 5.41) is 2.09. The number of rotatable bonds is 6. The third kappa shape index (κ3) is 3.77. The van der Waals surface area contributed by atoms with Crippen LogP contribution >= 0.6 is 23.1 Å². The number of thiophene rings is 1. The molecule has 0 fully saturated rings. The van der Waals surface area contributed by atoms with Gasteiger partial charge in [0.25, 0.3) is 0 Å². The predicted octanol–water partition coefficient (Wildman–Crippen LogP) is 3.94. The fourth-order valence-corrected chi connectivity index (χ4v) is 3.39. The molecule has 2 rings (SSSR count). The monoisotopic (exact) mass is 279 g/mol. The number of nitrogens with two attached hydrogens (primary N) is 1. The maximum Gasteiger partial charge on any atom is 0.119 e. The molecule has 0 saturated carbocycles. The van der Waals surface area contributed by atoms with Gasteiger partial charge in [-0.3, -0.25) is 0 Å². The Morgan fingerprint density at radius 2 is 2.06 bits per heavy atom. The summed E-state index contributed by atoms with van der Waals surface area (Å²) in [5.41, 5.74) is 7.33. The first kappa shape index (κ1) is 13.5. The minimum atomic E-state index is 0.0628. The van der Waals surface area contributed by atoms with E-state index >= 15 is 0 Å². The third-order valence-corrected chi connectivity index (χ3v) is 4.77. The van der Waals surface area contributed by atoms with Crippen LogP contribution in [0.4, 0.5) is 0 Å². The molecule has 1 aromatic carbocycles. The van der Waals surface area contributed by atoms with Crippen molar-refractivity contribution in [3.8, 4) is 5.75 Å². The van der Waals surface area contributed by atoms with E-state index in [2.05, 4.69) is 17.5 Å². The minimum absolute atomic E-state index is 0.0628. The topological polar surface area (TPSA) is 35.2 Å². The Morgan fingerprint density at radius 1 is 1.28 bits per heavy atom. The third-order valence-electron chi connectivity index (χ3n) is 2.52. The summed E-state index contributed by atoms with van der Waals surface area (Å²) in [6.45, 7) is 2.68. The molecule has 2 aromatic rings. The lowest BCUT2D eigenvalue weighted by atomic mass is 10.1. The van der Waals surface area contributed by atoms with Crippen LogP contribution in [0.5, 0.6) is 5.75 Å². The average Bonchev–Trinajstić information content (AvgIpc) is 2.90. The van der Waals surface area contributed by atoms with Crippen molar-refractivity contribution in [1.82, 2.24) is 0 Å². The Bertz CT molecular complexity index is 453. The van der Waals surface area contributed by atoms with E-state index in [0.717, 1.165) is 17.1 Å². The number of ether oxygens (including phenoxy) is 1. The highest BCUT2D eigenvalue weighted by molar-refractivity contribution is 8.01. The number of benzene rings is 1. The van der Waals surface area contributed by atoms with Crippen LogP contribution in [0.2, 0.25) is 0 Å². The van der Waals surface area contributed by atoms with Crippen molar-refractivity contribution in [2.24, 2.45) is 5.73 Å². The molecule has 0 bridgehead atoms. The smallest absolute Gasteiger partial charge is 0.119 e. The van der Waals surface area contributed by atoms with Crippen LogP contribution in [-0.2, 0) is 0 Å². The summed E-state index contributed by atoms with van der Waals surface area (Å²) in [7, 11) is 0. The predicted molar refractivity (Wildman–Crippen MR) is 79.6 cm³/mol. The van der Waals surface area contributed by atoms with Crippen LogP contribution in [0, 0.1) is 0 Å². The highest BCUT2D eigenvalue weighted by atomic mass is 32.2. The second kappa shape index (κ2) is 6.83. The van der Waals surface area contributed by atoms with E-state index in [0.29, 0.717) is 6.61 Å². The highest BCUT2D eigenvalue weighted by Crippen LogP contribution is 2.27. The van der Waals surface area contributed by atoms with Gasteiger partial charge in [0.2, 0.25) is 0 Å². The van der Waals surface area contributed by atoms with Crippen LogP contribution in [0.25, 0.3) is 0 Å². The van der Waals surface area contributed by atoms with Gasteiger partial charge in [-0.25, -0.2) is 0 Å². The zero-order chi connectivity index (χ0) is 12.8. The molecule has 0 radical (unpaired) electrons. The van der Waals surface area contributed by atoms with E-state index in [1.165, 1.54) is 4.21 Å². The highest BCUT2D eigenvalue weighted by Gasteiger charge is 2.07. The fourth-order valence-electron chi connectivity index (χ4n) is 1.59. The lowest BCUT2D eigenvalue weighted by Gasteiger charge is -2.12. The standard InChI is InChI=1S/C14H17NOS2/c1-2-16-12-7-5-11(6-8-12)13(15)10-18-14-4-3-9-17-14/h3-9,13H,2,10,15H2,1H3. The Hall–Kier alpha value is -0.970. The zero-order valence-electron chi connectivity index (χ0n) is 10.3. The van der Waals surface area contributed by atoms with Crippen LogP contribution in [-0.4, -0.2) is 12.4 Å². The summed E-state index contributed by atoms with van der Waals surface area (Å²) in [4.78, 5) is 0. The SMILES string of the molecule is CCOc1ccc(C(N)CSc2cccs2)cc1. The lowest BCUT2D eigenvalue weighted by molar-refractivity contribution is 0.340. The summed E-state index contributed by atoms with van der Waals surface area (Å²) < 4.78 is 6.73. The largest absolute Gasteiger partial charge is 0.494 e. The molecule has 1 unspecified atom stereocenters. The van der Waals surface area contributed by atoms with Gasteiger partial charge in [-0.05, 0) is 36.1 Å². The first-order valence-corrected chi connectivity index (χ1v) is 7.80. The van der Waals surface area contributed by atoms with E-state index in [-0.39, 0.29) is 6.04 Å². The molecule has 2 nitrogen and oxygen atoms in total. The van der Waals surface area contributed by atoms with Crippen molar-refractivity contribution >= 4 is 23.1 Å². The van der Waals surface area contributed by atoms with Crippen molar-refractivity contribution in [2.45, 2.75) is 17.2 Å². The van der Waals surface area contributed by atoms with Crippen LogP contribution < -0.4 is 10.5 Å². The molecule has 0 amide bonds. The first-order chi connectivity index (χ1) is 8.79. The van der Waals surface area contributed by atoms with Crippen LogP contribution in [0.15, 0.2) is 46.0 Å². The van der Waals surface area contributed by atoms with Gasteiger partial charge >= 0.3 is 0 Å². The van der Waals surface area contributed by atoms with Crippen molar-refractivity contribution < 1.29 is 4.74 Å². The minimum Gasteiger partial charge on any atom is -0.494 e. The quantitative estimate of drug-likeness (QED) is 0.813. The molecule has 1 heterocycles. The molecule has 96 valence electrons. The second-order valence-electron chi connectivity index (χ2n) is 3.85. The maximum absolute atomic E-state index is 6.18. The molecule has 1 atom stereocenters. The molecule has 0 spiro atoms. The number of hydrogen-bond donors (Lipinski definition) is 1. The molecule has 1 aromatic heterocycles. The van der Waals surface area contributed by atoms with Gasteiger partial charge in [0, 0.05) is 11.8 Å². The van der Waals surface area contributed by atoms with Gasteiger partial charge in [0.05, 0.1) is 10.8 Å². The van der Waals surface area contributed by atoms with Crippen molar-refractivity contribution in [3.63, 3.8) is 0 Å². The van der Waals surface area contributed by atoms with E-state index in [1.807, 2.05) is 31.2 Å². The number of hydrogen-bond acceptors (Lipinski definition) is 4. The van der Waals surface area contributed by atoms with E-state index in [1.54, 1.807) is 23.1 Å². The molecule has 0 aliphatic rings. The van der Waals surface area contributed by atoms with Crippen molar-refractivity contribution in [1.29, 1.82) is 0 Å². The molecular formula is C14H17NOS2. The van der Waals surface area contributed by atoms with E-state index < -0.39 is 0 Å². The Labute approximate surface area is 116 Å². The Kier molecular flexibility index (Phi) is 5.11. The van der Waals surface area contributed by atoms with Crippen LogP contribution in [0.1, 0.15) is 18.5 Å². The summed E-state index contributed by atoms with van der Waals surface area (Å²) in [5.74, 6) is 1.80. The first-order valence-electron chi connectivity index (χ1n) is 5.94. The van der Waals surface area contributed by atoms with Crippen molar-refractivity contribution in [3.05, 3.63) is 47.3 Å². The molecule has 0 aliphatic carbocycles. The van der Waals surface area contributed by atoms with Crippen molar-refractivity contribution in [2.75, 3.05) is 12.4 Å². The zero-order valence-corrected chi connectivity index (χ0v) is 12.0. The maximum atomic E-state index is 6.18. The summed E-state index contributed by atoms with van der Waals surface area (Å²) in [6, 6.07) is 12.3. The molecule has 0 saturated heterocycles. The Balaban J connectivity index is 1.89. The van der Waals surface area contributed by atoms with E-state index in [4.69, 9.17) is 10.5 Å². The van der Waals surface area contributed by atoms with Gasteiger partial charge in [-0.1, -0.05) is 18.2 Å². The second-order valence-corrected chi connectivity index (χ2v) is 6.12. The molecular weight excluding hydrogens is 262 g/mol. The molecule has 0 aliphatic heterocycles. The molecule has 4 heteroatoms. The Morgan fingerprint density at radius 3 is 2.67 bits per heavy atom. The van der Waals surface area contributed by atoms with Gasteiger partial charge in [0.1, 0.15) is 5.75 Å². The fraction of sp³-hybridized carbons (Fsp3) is 0.286. The normalized spacial score (nSPS) is 12.3. The summed E-state index contributed by atoms with van der Waals surface area (Å²) in [6.07, 6.45) is 0. The molecule has 2 N–H and O–H groups in total.